The minimum atomic E-state index is -0.267. The van der Waals surface area contributed by atoms with Crippen molar-refractivity contribution in [2.75, 3.05) is 18.1 Å². The van der Waals surface area contributed by atoms with E-state index in [1.165, 1.54) is 0 Å². The summed E-state index contributed by atoms with van der Waals surface area (Å²) in [6, 6.07) is 8.00. The molecule has 3 nitrogen and oxygen atoms in total. The van der Waals surface area contributed by atoms with Crippen LogP contribution in [0.5, 0.6) is 0 Å². The average molecular weight is 250 g/mol. The van der Waals surface area contributed by atoms with Gasteiger partial charge >= 0.3 is 0 Å². The molecule has 92 valence electrons. The largest absolute Gasteiger partial charge is 0.393 e. The van der Waals surface area contributed by atoms with Gasteiger partial charge in [-0.3, -0.25) is 0 Å². The van der Waals surface area contributed by atoms with Crippen molar-refractivity contribution in [1.82, 2.24) is 0 Å². The highest BCUT2D eigenvalue weighted by molar-refractivity contribution is 7.98. The van der Waals surface area contributed by atoms with E-state index in [4.69, 9.17) is 5.26 Å². The smallest absolute Gasteiger partial charge is 0.102 e. The lowest BCUT2D eigenvalue weighted by molar-refractivity contribution is 0.164. The van der Waals surface area contributed by atoms with Gasteiger partial charge in [-0.15, -0.1) is 11.8 Å². The Hall–Kier alpha value is -1.18. The van der Waals surface area contributed by atoms with Gasteiger partial charge in [0.05, 0.1) is 17.4 Å². The van der Waals surface area contributed by atoms with Crippen molar-refractivity contribution in [3.05, 3.63) is 23.8 Å². The Morgan fingerprint density at radius 1 is 1.53 bits per heavy atom. The second-order valence-electron chi connectivity index (χ2n) is 3.77. The molecule has 2 N–H and O–H groups in total. The number of aliphatic hydroxyl groups excluding tert-OH is 1. The van der Waals surface area contributed by atoms with Crippen LogP contribution in [-0.4, -0.2) is 24.0 Å². The van der Waals surface area contributed by atoms with Crippen LogP contribution < -0.4 is 5.32 Å². The van der Waals surface area contributed by atoms with Crippen LogP contribution in [0.2, 0.25) is 0 Å². The first-order valence-corrected chi connectivity index (χ1v) is 6.94. The van der Waals surface area contributed by atoms with Gasteiger partial charge in [-0.2, -0.15) is 5.26 Å². The Balaban J connectivity index is 2.68. The van der Waals surface area contributed by atoms with Gasteiger partial charge in [-0.1, -0.05) is 13.0 Å². The summed E-state index contributed by atoms with van der Waals surface area (Å²) in [7, 11) is 0. The van der Waals surface area contributed by atoms with E-state index in [0.29, 0.717) is 18.5 Å². The molecule has 0 aromatic heterocycles. The zero-order chi connectivity index (χ0) is 12.7. The monoisotopic (exact) mass is 250 g/mol. The lowest BCUT2D eigenvalue weighted by Gasteiger charge is -2.12. The summed E-state index contributed by atoms with van der Waals surface area (Å²) in [6.07, 6.45) is 3.15. The van der Waals surface area contributed by atoms with Crippen LogP contribution >= 0.6 is 11.8 Å². The van der Waals surface area contributed by atoms with Crippen molar-refractivity contribution in [1.29, 1.82) is 5.26 Å². The predicted octanol–water partition coefficient (Wildman–Crippen LogP) is 2.85. The quantitative estimate of drug-likeness (QED) is 0.762. The second kappa shape index (κ2) is 7.21. The third kappa shape index (κ3) is 3.95. The number of benzene rings is 1. The minimum Gasteiger partial charge on any atom is -0.393 e. The zero-order valence-electron chi connectivity index (χ0n) is 10.2. The summed E-state index contributed by atoms with van der Waals surface area (Å²) in [4.78, 5) is 0.980. The number of nitriles is 1. The molecule has 1 unspecified atom stereocenters. The fourth-order valence-electron chi connectivity index (χ4n) is 1.54. The number of nitrogens with zero attached hydrogens (tertiary/aromatic N) is 1. The molecule has 0 bridgehead atoms. The molecule has 4 heteroatoms. The molecule has 0 radical (unpaired) electrons. The Labute approximate surface area is 107 Å². The molecule has 1 rings (SSSR count). The average Bonchev–Trinajstić information content (AvgIpc) is 2.37. The maximum Gasteiger partial charge on any atom is 0.102 e. The van der Waals surface area contributed by atoms with Crippen molar-refractivity contribution in [2.45, 2.75) is 30.8 Å². The van der Waals surface area contributed by atoms with E-state index >= 15 is 0 Å². The van der Waals surface area contributed by atoms with Crippen molar-refractivity contribution in [2.24, 2.45) is 0 Å². The summed E-state index contributed by atoms with van der Waals surface area (Å²) < 4.78 is 0. The van der Waals surface area contributed by atoms with Gasteiger partial charge < -0.3 is 10.4 Å². The highest BCUT2D eigenvalue weighted by atomic mass is 32.2. The van der Waals surface area contributed by atoms with E-state index in [2.05, 4.69) is 11.4 Å². The molecule has 0 saturated heterocycles. The number of aliphatic hydroxyl groups is 1. The second-order valence-corrected chi connectivity index (χ2v) is 4.62. The molecular weight excluding hydrogens is 232 g/mol. The van der Waals surface area contributed by atoms with Crippen molar-refractivity contribution < 1.29 is 5.11 Å². The van der Waals surface area contributed by atoms with Crippen LogP contribution in [0, 0.1) is 11.3 Å². The summed E-state index contributed by atoms with van der Waals surface area (Å²) >= 11 is 1.57. The minimum absolute atomic E-state index is 0.267. The van der Waals surface area contributed by atoms with Gasteiger partial charge in [0, 0.05) is 11.4 Å². The molecule has 0 aliphatic heterocycles. The Bertz CT molecular complexity index is 401. The first-order chi connectivity index (χ1) is 8.22. The first kappa shape index (κ1) is 13.9. The fraction of sp³-hybridized carbons (Fsp3) is 0.462. The van der Waals surface area contributed by atoms with Crippen molar-refractivity contribution in [3.63, 3.8) is 0 Å². The van der Waals surface area contributed by atoms with Gasteiger partial charge in [0.15, 0.2) is 0 Å². The molecule has 0 aliphatic carbocycles. The van der Waals surface area contributed by atoms with E-state index in [-0.39, 0.29) is 6.10 Å². The lowest BCUT2D eigenvalue weighted by atomic mass is 10.1. The Morgan fingerprint density at radius 2 is 2.29 bits per heavy atom. The van der Waals surface area contributed by atoms with E-state index in [1.54, 1.807) is 11.8 Å². The maximum absolute atomic E-state index is 9.45. The van der Waals surface area contributed by atoms with Crippen LogP contribution in [-0.2, 0) is 0 Å². The van der Waals surface area contributed by atoms with Gasteiger partial charge in [-0.25, -0.2) is 0 Å². The molecule has 0 heterocycles. The molecule has 0 saturated carbocycles. The summed E-state index contributed by atoms with van der Waals surface area (Å²) in [5.74, 6) is 0. The van der Waals surface area contributed by atoms with Crippen LogP contribution in [0.25, 0.3) is 0 Å². The topological polar surface area (TPSA) is 56.0 Å². The lowest BCUT2D eigenvalue weighted by Crippen LogP contribution is -2.12. The van der Waals surface area contributed by atoms with Gasteiger partial charge in [0.25, 0.3) is 0 Å². The van der Waals surface area contributed by atoms with Crippen molar-refractivity contribution in [3.8, 4) is 6.07 Å². The van der Waals surface area contributed by atoms with Crippen LogP contribution in [0.4, 0.5) is 5.69 Å². The SMILES string of the molecule is CCC(O)CCNc1cccc(SC)c1C#N. The Kier molecular flexibility index (Phi) is 5.88. The summed E-state index contributed by atoms with van der Waals surface area (Å²) in [5.41, 5.74) is 1.54. The van der Waals surface area contributed by atoms with E-state index < -0.39 is 0 Å². The number of hydrogen-bond acceptors (Lipinski definition) is 4. The highest BCUT2D eigenvalue weighted by Gasteiger charge is 2.07. The third-order valence-corrected chi connectivity index (χ3v) is 3.40. The van der Waals surface area contributed by atoms with Gasteiger partial charge in [0.2, 0.25) is 0 Å². The number of nitrogens with one attached hydrogen (secondary N) is 1. The molecule has 1 aromatic rings. The molecule has 1 aromatic carbocycles. The Morgan fingerprint density at radius 3 is 2.88 bits per heavy atom. The molecular formula is C13H18N2OS. The standard InChI is InChI=1S/C13H18N2OS/c1-3-10(16)7-8-15-12-5-4-6-13(17-2)11(12)9-14/h4-6,10,15-16H,3,7-8H2,1-2H3. The fourth-order valence-corrected chi connectivity index (χ4v) is 2.12. The number of rotatable bonds is 6. The molecule has 17 heavy (non-hydrogen) atoms. The number of anilines is 1. The van der Waals surface area contributed by atoms with Gasteiger partial charge in [0.1, 0.15) is 6.07 Å². The normalized spacial score (nSPS) is 11.9. The summed E-state index contributed by atoms with van der Waals surface area (Å²) in [6.45, 7) is 2.64. The molecule has 0 fully saturated rings. The summed E-state index contributed by atoms with van der Waals surface area (Å²) in [5, 5.41) is 21.8. The number of thioether (sulfide) groups is 1. The zero-order valence-corrected chi connectivity index (χ0v) is 11.0. The molecule has 0 aliphatic rings. The van der Waals surface area contributed by atoms with E-state index in [1.807, 2.05) is 31.4 Å². The van der Waals surface area contributed by atoms with Crippen LogP contribution in [0.15, 0.2) is 23.1 Å². The molecule has 0 amide bonds. The highest BCUT2D eigenvalue weighted by Crippen LogP contribution is 2.26. The predicted molar refractivity (Wildman–Crippen MR) is 72.3 cm³/mol. The van der Waals surface area contributed by atoms with E-state index in [9.17, 15) is 5.11 Å². The van der Waals surface area contributed by atoms with Crippen LogP contribution in [0.3, 0.4) is 0 Å². The maximum atomic E-state index is 9.45. The molecule has 1 atom stereocenters. The third-order valence-electron chi connectivity index (χ3n) is 2.62. The number of hydrogen-bond donors (Lipinski definition) is 2. The van der Waals surface area contributed by atoms with E-state index in [0.717, 1.165) is 17.0 Å². The van der Waals surface area contributed by atoms with Gasteiger partial charge in [-0.05, 0) is 31.2 Å². The van der Waals surface area contributed by atoms with Crippen LogP contribution in [0.1, 0.15) is 25.3 Å². The first-order valence-electron chi connectivity index (χ1n) is 5.72. The molecule has 0 spiro atoms. The van der Waals surface area contributed by atoms with Crippen molar-refractivity contribution >= 4 is 17.4 Å².